The van der Waals surface area contributed by atoms with Gasteiger partial charge < -0.3 is 10.5 Å². The second kappa shape index (κ2) is 5.83. The summed E-state index contributed by atoms with van der Waals surface area (Å²) in [5.41, 5.74) is 8.08. The van der Waals surface area contributed by atoms with Gasteiger partial charge in [-0.15, -0.1) is 0 Å². The lowest BCUT2D eigenvalue weighted by Gasteiger charge is -2.22. The zero-order valence-electron chi connectivity index (χ0n) is 9.56. The highest BCUT2D eigenvalue weighted by Gasteiger charge is 2.15. The molecular weight excluding hydrogens is 198 g/mol. The zero-order chi connectivity index (χ0) is 11.2. The molecule has 1 fully saturated rings. The van der Waals surface area contributed by atoms with E-state index in [0.717, 1.165) is 26.1 Å². The fraction of sp³-hybridized carbons (Fsp3) is 0.429. The van der Waals surface area contributed by atoms with Gasteiger partial charge in [-0.3, -0.25) is 0 Å². The van der Waals surface area contributed by atoms with E-state index in [-0.39, 0.29) is 0 Å². The molecule has 0 unspecified atom stereocenters. The lowest BCUT2D eigenvalue weighted by atomic mass is 9.91. The van der Waals surface area contributed by atoms with Gasteiger partial charge in [0.25, 0.3) is 0 Å². The summed E-state index contributed by atoms with van der Waals surface area (Å²) >= 11 is 0. The number of rotatable bonds is 3. The molecule has 0 radical (unpaired) electrons. The second-order valence-corrected chi connectivity index (χ2v) is 4.19. The topological polar surface area (TPSA) is 35.2 Å². The van der Waals surface area contributed by atoms with Crippen molar-refractivity contribution in [2.24, 2.45) is 5.73 Å². The van der Waals surface area contributed by atoms with Gasteiger partial charge in [-0.2, -0.15) is 0 Å². The first-order valence-corrected chi connectivity index (χ1v) is 5.94. The van der Waals surface area contributed by atoms with Crippen LogP contribution in [0.1, 0.15) is 29.9 Å². The van der Waals surface area contributed by atoms with Crippen molar-refractivity contribution in [1.29, 1.82) is 0 Å². The molecule has 16 heavy (non-hydrogen) atoms. The van der Waals surface area contributed by atoms with Crippen LogP contribution < -0.4 is 5.73 Å². The molecule has 0 atom stereocenters. The molecule has 86 valence electrons. The van der Waals surface area contributed by atoms with Crippen molar-refractivity contribution < 1.29 is 4.74 Å². The fourth-order valence-electron chi connectivity index (χ4n) is 2.11. The first kappa shape index (κ1) is 11.4. The van der Waals surface area contributed by atoms with E-state index in [2.05, 4.69) is 30.3 Å². The lowest BCUT2D eigenvalue weighted by Crippen LogP contribution is -2.13. The van der Waals surface area contributed by atoms with E-state index >= 15 is 0 Å². The van der Waals surface area contributed by atoms with Crippen molar-refractivity contribution in [3.8, 4) is 0 Å². The zero-order valence-corrected chi connectivity index (χ0v) is 9.56. The molecule has 0 bridgehead atoms. The van der Waals surface area contributed by atoms with Gasteiger partial charge in [0.05, 0.1) is 0 Å². The Labute approximate surface area is 97.1 Å². The van der Waals surface area contributed by atoms with Crippen LogP contribution in [-0.2, 0) is 4.74 Å². The highest BCUT2D eigenvalue weighted by Crippen LogP contribution is 2.26. The lowest BCUT2D eigenvalue weighted by molar-refractivity contribution is 0.0853. The van der Waals surface area contributed by atoms with Crippen LogP contribution in [0.25, 0.3) is 6.08 Å². The summed E-state index contributed by atoms with van der Waals surface area (Å²) in [6.07, 6.45) is 6.34. The average molecular weight is 217 g/mol. The minimum absolute atomic E-state index is 0.599. The quantitative estimate of drug-likeness (QED) is 0.844. The number of ether oxygens (including phenoxy) is 1. The molecule has 2 heteroatoms. The maximum atomic E-state index is 5.42. The van der Waals surface area contributed by atoms with E-state index in [0.29, 0.717) is 12.5 Å². The maximum Gasteiger partial charge on any atom is 0.0471 e. The molecule has 0 spiro atoms. The summed E-state index contributed by atoms with van der Waals surface area (Å²) in [6.45, 7) is 2.40. The minimum Gasteiger partial charge on any atom is -0.381 e. The minimum atomic E-state index is 0.599. The van der Waals surface area contributed by atoms with E-state index < -0.39 is 0 Å². The van der Waals surface area contributed by atoms with Gasteiger partial charge in [-0.1, -0.05) is 36.4 Å². The van der Waals surface area contributed by atoms with Crippen LogP contribution in [0.5, 0.6) is 0 Å². The standard InChI is InChI=1S/C14H19NO/c15-9-1-2-12-3-5-13(6-4-12)14-7-10-16-11-8-14/h1-6,14H,7-11,15H2/b2-1+. The van der Waals surface area contributed by atoms with Gasteiger partial charge in [0, 0.05) is 19.8 Å². The first-order valence-electron chi connectivity index (χ1n) is 5.94. The fourth-order valence-corrected chi connectivity index (χ4v) is 2.11. The summed E-state index contributed by atoms with van der Waals surface area (Å²) in [6, 6.07) is 8.78. The number of hydrogen-bond acceptors (Lipinski definition) is 2. The molecule has 0 aliphatic carbocycles. The van der Waals surface area contributed by atoms with E-state index in [1.165, 1.54) is 11.1 Å². The van der Waals surface area contributed by atoms with Gasteiger partial charge in [0.2, 0.25) is 0 Å². The van der Waals surface area contributed by atoms with Crippen LogP contribution >= 0.6 is 0 Å². The highest BCUT2D eigenvalue weighted by atomic mass is 16.5. The van der Waals surface area contributed by atoms with Crippen molar-refractivity contribution in [1.82, 2.24) is 0 Å². The molecule has 0 aromatic heterocycles. The molecule has 0 saturated carbocycles. The Morgan fingerprint density at radius 1 is 1.19 bits per heavy atom. The Morgan fingerprint density at radius 3 is 2.50 bits per heavy atom. The number of nitrogens with two attached hydrogens (primary N) is 1. The van der Waals surface area contributed by atoms with Crippen LogP contribution in [0.4, 0.5) is 0 Å². The summed E-state index contributed by atoms with van der Waals surface area (Å²) in [4.78, 5) is 0. The molecular formula is C14H19NO. The monoisotopic (exact) mass is 217 g/mol. The molecule has 1 heterocycles. The molecule has 1 aliphatic rings. The molecule has 2 N–H and O–H groups in total. The Morgan fingerprint density at radius 2 is 1.88 bits per heavy atom. The van der Waals surface area contributed by atoms with E-state index in [1.807, 2.05) is 6.08 Å². The summed E-state index contributed by atoms with van der Waals surface area (Å²) in [5, 5.41) is 0. The van der Waals surface area contributed by atoms with Crippen LogP contribution in [0.15, 0.2) is 30.3 Å². The van der Waals surface area contributed by atoms with Gasteiger partial charge >= 0.3 is 0 Å². The van der Waals surface area contributed by atoms with Crippen molar-refractivity contribution >= 4 is 6.08 Å². The molecule has 1 aromatic rings. The molecule has 1 aliphatic heterocycles. The second-order valence-electron chi connectivity index (χ2n) is 4.19. The molecule has 1 saturated heterocycles. The molecule has 1 aromatic carbocycles. The Balaban J connectivity index is 2.03. The van der Waals surface area contributed by atoms with Gasteiger partial charge in [-0.25, -0.2) is 0 Å². The molecule has 2 rings (SSSR count). The van der Waals surface area contributed by atoms with Crippen LogP contribution in [-0.4, -0.2) is 19.8 Å². The normalized spacial score (nSPS) is 18.1. The third kappa shape index (κ3) is 2.94. The largest absolute Gasteiger partial charge is 0.381 e. The maximum absolute atomic E-state index is 5.42. The van der Waals surface area contributed by atoms with Gasteiger partial charge in [0.1, 0.15) is 0 Å². The third-order valence-electron chi connectivity index (χ3n) is 3.08. The van der Waals surface area contributed by atoms with Crippen LogP contribution in [0.3, 0.4) is 0 Å². The first-order chi connectivity index (χ1) is 7.90. The van der Waals surface area contributed by atoms with Gasteiger partial charge in [0.15, 0.2) is 0 Å². The van der Waals surface area contributed by atoms with Crippen LogP contribution in [0, 0.1) is 0 Å². The SMILES string of the molecule is NC/C=C/c1ccc(C2CCOCC2)cc1. The van der Waals surface area contributed by atoms with Crippen molar-refractivity contribution in [3.63, 3.8) is 0 Å². The van der Waals surface area contributed by atoms with Crippen molar-refractivity contribution in [2.75, 3.05) is 19.8 Å². The Bertz CT molecular complexity index is 336. The van der Waals surface area contributed by atoms with Crippen molar-refractivity contribution in [2.45, 2.75) is 18.8 Å². The summed E-state index contributed by atoms with van der Waals surface area (Å²) < 4.78 is 5.37. The summed E-state index contributed by atoms with van der Waals surface area (Å²) in [5.74, 6) is 0.682. The third-order valence-corrected chi connectivity index (χ3v) is 3.08. The van der Waals surface area contributed by atoms with E-state index in [9.17, 15) is 0 Å². The van der Waals surface area contributed by atoms with Gasteiger partial charge in [-0.05, 0) is 29.9 Å². The number of hydrogen-bond donors (Lipinski definition) is 1. The average Bonchev–Trinajstić information content (AvgIpc) is 2.38. The summed E-state index contributed by atoms with van der Waals surface area (Å²) in [7, 11) is 0. The van der Waals surface area contributed by atoms with Crippen molar-refractivity contribution in [3.05, 3.63) is 41.5 Å². The molecule has 0 amide bonds. The molecule has 2 nitrogen and oxygen atoms in total. The Kier molecular flexibility index (Phi) is 4.14. The van der Waals surface area contributed by atoms with E-state index in [4.69, 9.17) is 10.5 Å². The number of benzene rings is 1. The van der Waals surface area contributed by atoms with E-state index in [1.54, 1.807) is 0 Å². The smallest absolute Gasteiger partial charge is 0.0471 e. The highest BCUT2D eigenvalue weighted by molar-refractivity contribution is 5.50. The predicted molar refractivity (Wildman–Crippen MR) is 67.3 cm³/mol. The predicted octanol–water partition coefficient (Wildman–Crippen LogP) is 2.55. The van der Waals surface area contributed by atoms with Crippen LogP contribution in [0.2, 0.25) is 0 Å². The Hall–Kier alpha value is -1.12.